The van der Waals surface area contributed by atoms with Crippen LogP contribution in [0.1, 0.15) is 40.5 Å². The molecule has 10 heteroatoms. The SMILES string of the molecule is CCNC(=NCC1(N2CCOCC2)CCSC1)NCCCNC(=O)OC(C)(C)C.I. The number of guanidine groups is 1. The lowest BCUT2D eigenvalue weighted by molar-refractivity contribution is -0.0104. The summed E-state index contributed by atoms with van der Waals surface area (Å²) >= 11 is 2.03. The Morgan fingerprint density at radius 3 is 2.50 bits per heavy atom. The molecule has 0 radical (unpaired) electrons. The number of morpholine rings is 1. The molecule has 2 aliphatic rings. The number of carbonyl (C=O) groups is 1. The average molecular weight is 558 g/mol. The third-order valence-electron chi connectivity index (χ3n) is 4.95. The first-order chi connectivity index (χ1) is 13.8. The Morgan fingerprint density at radius 2 is 1.90 bits per heavy atom. The van der Waals surface area contributed by atoms with Crippen molar-refractivity contribution in [1.82, 2.24) is 20.9 Å². The normalized spacial score (nSPS) is 22.9. The summed E-state index contributed by atoms with van der Waals surface area (Å²) in [5.41, 5.74) is -0.322. The van der Waals surface area contributed by atoms with Gasteiger partial charge in [-0.15, -0.1) is 24.0 Å². The third kappa shape index (κ3) is 9.78. The topological polar surface area (TPSA) is 87.2 Å². The highest BCUT2D eigenvalue weighted by Crippen LogP contribution is 2.34. The highest BCUT2D eigenvalue weighted by Gasteiger charge is 2.40. The molecule has 8 nitrogen and oxygen atoms in total. The highest BCUT2D eigenvalue weighted by atomic mass is 127. The van der Waals surface area contributed by atoms with Gasteiger partial charge in [0.05, 0.1) is 25.3 Å². The van der Waals surface area contributed by atoms with Crippen LogP contribution in [0.15, 0.2) is 4.99 Å². The Balaban J connectivity index is 0.00000450. The molecule has 2 fully saturated rings. The summed E-state index contributed by atoms with van der Waals surface area (Å²) in [4.78, 5) is 19.2. The number of rotatable bonds is 8. The van der Waals surface area contributed by atoms with E-state index in [0.29, 0.717) is 6.54 Å². The van der Waals surface area contributed by atoms with Crippen molar-refractivity contribution < 1.29 is 14.3 Å². The number of ether oxygens (including phenoxy) is 2. The molecular weight excluding hydrogens is 517 g/mol. The fourth-order valence-electron chi connectivity index (χ4n) is 3.48. The van der Waals surface area contributed by atoms with Crippen LogP contribution in [0.3, 0.4) is 0 Å². The Bertz CT molecular complexity index is 533. The van der Waals surface area contributed by atoms with Gasteiger partial charge in [0.15, 0.2) is 5.96 Å². The van der Waals surface area contributed by atoms with Crippen molar-refractivity contribution in [2.45, 2.75) is 51.7 Å². The van der Waals surface area contributed by atoms with Gasteiger partial charge < -0.3 is 25.4 Å². The van der Waals surface area contributed by atoms with Crippen molar-refractivity contribution >= 4 is 47.8 Å². The molecule has 2 saturated heterocycles. The first-order valence-corrected chi connectivity index (χ1v) is 11.9. The molecule has 2 rings (SSSR count). The number of halogens is 1. The molecule has 1 atom stereocenters. The van der Waals surface area contributed by atoms with E-state index >= 15 is 0 Å². The van der Waals surface area contributed by atoms with Gasteiger partial charge in [-0.1, -0.05) is 0 Å². The van der Waals surface area contributed by atoms with Gasteiger partial charge in [-0.3, -0.25) is 9.89 Å². The summed E-state index contributed by atoms with van der Waals surface area (Å²) in [6.45, 7) is 14.2. The van der Waals surface area contributed by atoms with Crippen molar-refractivity contribution in [1.29, 1.82) is 0 Å². The number of hydrogen-bond acceptors (Lipinski definition) is 6. The Hall–Kier alpha value is -0.460. The van der Waals surface area contributed by atoms with Gasteiger partial charge in [-0.25, -0.2) is 4.79 Å². The number of alkyl carbamates (subject to hydrolysis) is 1. The highest BCUT2D eigenvalue weighted by molar-refractivity contribution is 14.0. The number of hydrogen-bond donors (Lipinski definition) is 3. The molecule has 2 aliphatic heterocycles. The summed E-state index contributed by atoms with van der Waals surface area (Å²) in [7, 11) is 0. The maximum absolute atomic E-state index is 11.7. The van der Waals surface area contributed by atoms with Crippen molar-refractivity contribution in [2.24, 2.45) is 4.99 Å². The van der Waals surface area contributed by atoms with Crippen LogP contribution in [-0.2, 0) is 9.47 Å². The zero-order valence-corrected chi connectivity index (χ0v) is 22.1. The van der Waals surface area contributed by atoms with Crippen molar-refractivity contribution in [3.8, 4) is 0 Å². The number of aliphatic imine (C=N–C) groups is 1. The lowest BCUT2D eigenvalue weighted by atomic mass is 9.96. The summed E-state index contributed by atoms with van der Waals surface area (Å²) in [6.07, 6.45) is 1.61. The van der Waals surface area contributed by atoms with Gasteiger partial charge in [0, 0.05) is 38.5 Å². The molecule has 0 aliphatic carbocycles. The second kappa shape index (κ2) is 13.8. The standard InChI is InChI=1S/C20H39N5O3S.HI/c1-5-21-17(22-8-6-9-23-18(26)28-19(2,3)4)24-15-20(7-14-29-16-20)25-10-12-27-13-11-25;/h5-16H2,1-4H3,(H,23,26)(H2,21,22,24);1H. The van der Waals surface area contributed by atoms with E-state index in [2.05, 4.69) is 27.8 Å². The second-order valence-corrected chi connectivity index (χ2v) is 9.64. The van der Waals surface area contributed by atoms with E-state index in [9.17, 15) is 4.79 Å². The predicted molar refractivity (Wildman–Crippen MR) is 135 cm³/mol. The van der Waals surface area contributed by atoms with E-state index in [4.69, 9.17) is 14.5 Å². The van der Waals surface area contributed by atoms with E-state index in [1.807, 2.05) is 32.5 Å². The van der Waals surface area contributed by atoms with Crippen LogP contribution >= 0.6 is 35.7 Å². The van der Waals surface area contributed by atoms with Crippen LogP contribution in [0, 0.1) is 0 Å². The molecule has 0 aromatic rings. The van der Waals surface area contributed by atoms with Gasteiger partial charge in [0.25, 0.3) is 0 Å². The Morgan fingerprint density at radius 1 is 1.20 bits per heavy atom. The van der Waals surface area contributed by atoms with Crippen molar-refractivity contribution in [3.05, 3.63) is 0 Å². The van der Waals surface area contributed by atoms with E-state index in [0.717, 1.165) is 64.1 Å². The summed E-state index contributed by atoms with van der Waals surface area (Å²) in [6, 6.07) is 0. The molecule has 0 aromatic heterocycles. The minimum absolute atomic E-state index is 0. The van der Waals surface area contributed by atoms with E-state index in [1.165, 1.54) is 12.2 Å². The number of nitrogens with one attached hydrogen (secondary N) is 3. The fraction of sp³-hybridized carbons (Fsp3) is 0.900. The Labute approximate surface area is 203 Å². The smallest absolute Gasteiger partial charge is 0.407 e. The summed E-state index contributed by atoms with van der Waals surface area (Å²) < 4.78 is 10.8. The molecule has 0 spiro atoms. The molecule has 0 aromatic carbocycles. The summed E-state index contributed by atoms with van der Waals surface area (Å²) in [5.74, 6) is 3.18. The molecule has 1 amide bonds. The third-order valence-corrected chi connectivity index (χ3v) is 6.19. The largest absolute Gasteiger partial charge is 0.444 e. The van der Waals surface area contributed by atoms with Crippen LogP contribution in [-0.4, -0.2) is 92.1 Å². The van der Waals surface area contributed by atoms with E-state index in [1.54, 1.807) is 0 Å². The van der Waals surface area contributed by atoms with Gasteiger partial charge in [-0.2, -0.15) is 11.8 Å². The fourth-order valence-corrected chi connectivity index (χ4v) is 4.94. The first-order valence-electron chi connectivity index (χ1n) is 10.7. The molecule has 176 valence electrons. The van der Waals surface area contributed by atoms with Crippen LogP contribution in [0.5, 0.6) is 0 Å². The zero-order chi connectivity index (χ0) is 21.2. The number of carbonyl (C=O) groups excluding carboxylic acids is 1. The lowest BCUT2D eigenvalue weighted by Crippen LogP contribution is -2.56. The minimum Gasteiger partial charge on any atom is -0.444 e. The maximum Gasteiger partial charge on any atom is 0.407 e. The van der Waals surface area contributed by atoms with Crippen LogP contribution in [0.2, 0.25) is 0 Å². The minimum atomic E-state index is -0.470. The van der Waals surface area contributed by atoms with Crippen molar-refractivity contribution in [2.75, 3.05) is 64.0 Å². The van der Waals surface area contributed by atoms with Gasteiger partial charge in [-0.05, 0) is 46.3 Å². The van der Waals surface area contributed by atoms with Crippen LogP contribution in [0.4, 0.5) is 4.79 Å². The van der Waals surface area contributed by atoms with E-state index < -0.39 is 5.60 Å². The number of nitrogens with zero attached hydrogens (tertiary/aromatic N) is 2. The quantitative estimate of drug-likeness (QED) is 0.183. The average Bonchev–Trinajstić information content (AvgIpc) is 3.15. The van der Waals surface area contributed by atoms with Gasteiger partial charge in [0.2, 0.25) is 0 Å². The van der Waals surface area contributed by atoms with Gasteiger partial charge >= 0.3 is 6.09 Å². The van der Waals surface area contributed by atoms with Crippen molar-refractivity contribution in [3.63, 3.8) is 0 Å². The first kappa shape index (κ1) is 27.6. The van der Waals surface area contributed by atoms with Gasteiger partial charge in [0.1, 0.15) is 5.60 Å². The molecule has 2 heterocycles. The molecular formula is C20H40IN5O3S. The van der Waals surface area contributed by atoms with E-state index in [-0.39, 0.29) is 35.6 Å². The predicted octanol–water partition coefficient (Wildman–Crippen LogP) is 2.28. The molecule has 30 heavy (non-hydrogen) atoms. The molecule has 1 unspecified atom stereocenters. The molecule has 3 N–H and O–H groups in total. The summed E-state index contributed by atoms with van der Waals surface area (Å²) in [5, 5.41) is 9.51. The monoisotopic (exact) mass is 557 g/mol. The van der Waals surface area contributed by atoms with Crippen LogP contribution < -0.4 is 16.0 Å². The number of thioether (sulfide) groups is 1. The zero-order valence-electron chi connectivity index (χ0n) is 18.9. The Kier molecular flexibility index (Phi) is 12.7. The maximum atomic E-state index is 11.7. The number of amides is 1. The molecule has 0 bridgehead atoms. The molecule has 0 saturated carbocycles. The van der Waals surface area contributed by atoms with Crippen LogP contribution in [0.25, 0.3) is 0 Å². The second-order valence-electron chi connectivity index (χ2n) is 8.53. The lowest BCUT2D eigenvalue weighted by Gasteiger charge is -2.42.